The molecule has 0 atom stereocenters. The second-order valence-electron chi connectivity index (χ2n) is 7.45. The molecule has 1 aromatic carbocycles. The van der Waals surface area contributed by atoms with E-state index in [9.17, 15) is 14.4 Å². The topological polar surface area (TPSA) is 124 Å². The molecule has 33 heavy (non-hydrogen) atoms. The number of amides is 3. The summed E-state index contributed by atoms with van der Waals surface area (Å²) in [6.07, 6.45) is 5.77. The van der Waals surface area contributed by atoms with Crippen LogP contribution in [0, 0.1) is 5.92 Å². The molecule has 1 fully saturated rings. The molecule has 0 bridgehead atoms. The van der Waals surface area contributed by atoms with E-state index in [4.69, 9.17) is 26.8 Å². The number of anilines is 1. The number of nitrogens with one attached hydrogen (secondary N) is 1. The first kappa shape index (κ1) is 24.1. The largest absolute Gasteiger partial charge is 0.493 e. The van der Waals surface area contributed by atoms with Crippen molar-refractivity contribution in [3.05, 3.63) is 53.2 Å². The van der Waals surface area contributed by atoms with Crippen LogP contribution < -0.4 is 20.5 Å². The number of piperidine rings is 1. The summed E-state index contributed by atoms with van der Waals surface area (Å²) in [6, 6.07) is 8.39. The maximum Gasteiger partial charge on any atom is 0.255 e. The summed E-state index contributed by atoms with van der Waals surface area (Å²) < 4.78 is 10.6. The Balaban J connectivity index is 1.51. The van der Waals surface area contributed by atoms with Crippen molar-refractivity contribution in [1.82, 2.24) is 9.88 Å². The van der Waals surface area contributed by atoms with Crippen LogP contribution in [0.4, 0.5) is 5.82 Å². The number of pyridine rings is 1. The number of benzene rings is 1. The van der Waals surface area contributed by atoms with Gasteiger partial charge in [-0.3, -0.25) is 14.4 Å². The van der Waals surface area contributed by atoms with Crippen molar-refractivity contribution in [2.24, 2.45) is 11.7 Å². The van der Waals surface area contributed by atoms with Crippen molar-refractivity contribution in [3.63, 3.8) is 0 Å². The summed E-state index contributed by atoms with van der Waals surface area (Å²) in [5, 5.41) is 3.28. The van der Waals surface area contributed by atoms with Gasteiger partial charge >= 0.3 is 0 Å². The Morgan fingerprint density at radius 2 is 1.97 bits per heavy atom. The van der Waals surface area contributed by atoms with Crippen molar-refractivity contribution in [2.45, 2.75) is 12.8 Å². The van der Waals surface area contributed by atoms with Gasteiger partial charge in [-0.2, -0.15) is 0 Å². The number of methoxy groups -OCH3 is 1. The molecule has 0 radical (unpaired) electrons. The summed E-state index contributed by atoms with van der Waals surface area (Å²) >= 11 is 5.81. The summed E-state index contributed by atoms with van der Waals surface area (Å²) in [5.74, 6) is 0.232. The Morgan fingerprint density at radius 3 is 2.61 bits per heavy atom. The van der Waals surface area contributed by atoms with Gasteiger partial charge in [0.25, 0.3) is 5.91 Å². The number of carbonyl (C=O) groups is 3. The molecule has 10 heteroatoms. The van der Waals surface area contributed by atoms with E-state index in [1.54, 1.807) is 41.3 Å². The molecule has 0 unspecified atom stereocenters. The van der Waals surface area contributed by atoms with Crippen LogP contribution in [0.2, 0.25) is 5.02 Å². The number of aromatic nitrogens is 1. The zero-order valence-electron chi connectivity index (χ0n) is 18.1. The predicted molar refractivity (Wildman–Crippen MR) is 124 cm³/mol. The fourth-order valence-electron chi connectivity index (χ4n) is 3.37. The number of carbonyl (C=O) groups excluding carboxylic acids is 3. The van der Waals surface area contributed by atoms with Crippen LogP contribution in [0.25, 0.3) is 6.08 Å². The van der Waals surface area contributed by atoms with E-state index in [0.717, 1.165) is 5.56 Å². The third kappa shape index (κ3) is 6.95. The van der Waals surface area contributed by atoms with Gasteiger partial charge in [0.05, 0.1) is 12.1 Å². The minimum Gasteiger partial charge on any atom is -0.493 e. The number of nitrogens with two attached hydrogens (primary N) is 1. The molecule has 3 amide bonds. The molecule has 2 heterocycles. The third-order valence-electron chi connectivity index (χ3n) is 5.13. The van der Waals surface area contributed by atoms with Gasteiger partial charge in [0.15, 0.2) is 18.1 Å². The van der Waals surface area contributed by atoms with Crippen molar-refractivity contribution in [1.29, 1.82) is 0 Å². The first-order chi connectivity index (χ1) is 15.9. The molecular formula is C23H25ClN4O5. The number of halogens is 1. The first-order valence-corrected chi connectivity index (χ1v) is 10.7. The molecule has 0 aliphatic carbocycles. The molecule has 1 aliphatic heterocycles. The summed E-state index contributed by atoms with van der Waals surface area (Å²) in [4.78, 5) is 41.7. The van der Waals surface area contributed by atoms with Crippen LogP contribution in [0.15, 0.2) is 42.6 Å². The van der Waals surface area contributed by atoms with Crippen LogP contribution in [-0.4, -0.2) is 54.4 Å². The molecule has 9 nitrogen and oxygen atoms in total. The smallest absolute Gasteiger partial charge is 0.255 e. The van der Waals surface area contributed by atoms with Crippen LogP contribution in [0.1, 0.15) is 18.4 Å². The standard InChI is InChI=1S/C23H25ClN4O5/c1-32-19-12-15(2-5-18(19)33-14-20(25)29)3-7-22(30)28-10-8-16(9-11-28)23(31)27-21-6-4-17(24)13-26-21/h2-7,12-13,16H,8-11,14H2,1H3,(H2,25,29)(H,26,27,31). The van der Waals surface area contributed by atoms with Gasteiger partial charge in [0.2, 0.25) is 11.8 Å². The molecule has 0 spiro atoms. The number of primary amides is 1. The van der Waals surface area contributed by atoms with E-state index in [2.05, 4.69) is 10.3 Å². The highest BCUT2D eigenvalue weighted by Crippen LogP contribution is 2.28. The number of likely N-dealkylation sites (tertiary alicyclic amines) is 1. The zero-order valence-corrected chi connectivity index (χ0v) is 18.9. The van der Waals surface area contributed by atoms with Gasteiger partial charge in [-0.1, -0.05) is 17.7 Å². The summed E-state index contributed by atoms with van der Waals surface area (Å²) in [7, 11) is 1.48. The summed E-state index contributed by atoms with van der Waals surface area (Å²) in [5.41, 5.74) is 5.82. The number of rotatable bonds is 8. The fourth-order valence-corrected chi connectivity index (χ4v) is 3.48. The van der Waals surface area contributed by atoms with Gasteiger partial charge in [-0.25, -0.2) is 4.98 Å². The lowest BCUT2D eigenvalue weighted by Crippen LogP contribution is -2.40. The second-order valence-corrected chi connectivity index (χ2v) is 7.89. The molecule has 3 N–H and O–H groups in total. The highest BCUT2D eigenvalue weighted by Gasteiger charge is 2.26. The van der Waals surface area contributed by atoms with E-state index in [-0.39, 0.29) is 24.3 Å². The normalized spacial score (nSPS) is 14.2. The highest BCUT2D eigenvalue weighted by molar-refractivity contribution is 6.30. The Hall–Kier alpha value is -3.59. The molecule has 0 saturated carbocycles. The second kappa shape index (κ2) is 11.3. The van der Waals surface area contributed by atoms with Gasteiger partial charge in [0.1, 0.15) is 5.82 Å². The van der Waals surface area contributed by atoms with Gasteiger partial charge in [0, 0.05) is 31.3 Å². The van der Waals surface area contributed by atoms with E-state index >= 15 is 0 Å². The molecule has 1 aliphatic rings. The lowest BCUT2D eigenvalue weighted by atomic mass is 9.96. The molecule has 3 rings (SSSR count). The Labute approximate surface area is 196 Å². The van der Waals surface area contributed by atoms with Crippen LogP contribution in [-0.2, 0) is 14.4 Å². The van der Waals surface area contributed by atoms with Crippen LogP contribution >= 0.6 is 11.6 Å². The highest BCUT2D eigenvalue weighted by atomic mass is 35.5. The van der Waals surface area contributed by atoms with Crippen molar-refractivity contribution in [3.8, 4) is 11.5 Å². The van der Waals surface area contributed by atoms with Gasteiger partial charge in [-0.15, -0.1) is 0 Å². The SMILES string of the molecule is COc1cc(C=CC(=O)N2CCC(C(=O)Nc3ccc(Cl)cn3)CC2)ccc1OCC(N)=O. The van der Waals surface area contributed by atoms with E-state index < -0.39 is 5.91 Å². The van der Waals surface area contributed by atoms with E-state index in [0.29, 0.717) is 48.3 Å². The molecule has 2 aromatic rings. The molecule has 1 aromatic heterocycles. The summed E-state index contributed by atoms with van der Waals surface area (Å²) in [6.45, 7) is 0.714. The predicted octanol–water partition coefficient (Wildman–Crippen LogP) is 2.50. The van der Waals surface area contributed by atoms with Crippen molar-refractivity contribution in [2.75, 3.05) is 32.1 Å². The Morgan fingerprint density at radius 1 is 1.21 bits per heavy atom. The quantitative estimate of drug-likeness (QED) is 0.569. The average Bonchev–Trinajstić information content (AvgIpc) is 2.82. The monoisotopic (exact) mass is 472 g/mol. The Kier molecular flexibility index (Phi) is 8.26. The Bertz CT molecular complexity index is 1030. The number of ether oxygens (including phenoxy) is 2. The van der Waals surface area contributed by atoms with Crippen molar-refractivity contribution >= 4 is 41.2 Å². The van der Waals surface area contributed by atoms with Crippen molar-refractivity contribution < 1.29 is 23.9 Å². The number of hydrogen-bond donors (Lipinski definition) is 2. The lowest BCUT2D eigenvalue weighted by Gasteiger charge is -2.30. The molecular weight excluding hydrogens is 448 g/mol. The van der Waals surface area contributed by atoms with E-state index in [1.165, 1.54) is 19.4 Å². The maximum absolute atomic E-state index is 12.6. The van der Waals surface area contributed by atoms with Crippen LogP contribution in [0.3, 0.4) is 0 Å². The first-order valence-electron chi connectivity index (χ1n) is 10.3. The minimum absolute atomic E-state index is 0.113. The number of hydrogen-bond acceptors (Lipinski definition) is 6. The molecule has 1 saturated heterocycles. The minimum atomic E-state index is -0.588. The zero-order chi connectivity index (χ0) is 23.8. The van der Waals surface area contributed by atoms with E-state index in [1.807, 2.05) is 0 Å². The lowest BCUT2D eigenvalue weighted by molar-refractivity contribution is -0.130. The van der Waals surface area contributed by atoms with Gasteiger partial charge < -0.3 is 25.4 Å². The average molecular weight is 473 g/mol. The third-order valence-corrected chi connectivity index (χ3v) is 5.36. The molecule has 174 valence electrons. The number of nitrogens with zero attached hydrogens (tertiary/aromatic N) is 2. The van der Waals surface area contributed by atoms with Crippen LogP contribution in [0.5, 0.6) is 11.5 Å². The van der Waals surface area contributed by atoms with Gasteiger partial charge in [-0.05, 0) is 48.7 Å². The fraction of sp³-hybridized carbons (Fsp3) is 0.304. The maximum atomic E-state index is 12.6.